The van der Waals surface area contributed by atoms with Crippen LogP contribution in [0.3, 0.4) is 0 Å². The summed E-state index contributed by atoms with van der Waals surface area (Å²) >= 11 is 0. The van der Waals surface area contributed by atoms with Gasteiger partial charge in [-0.3, -0.25) is 15.6 Å². The van der Waals surface area contributed by atoms with Gasteiger partial charge in [-0.25, -0.2) is 0 Å². The monoisotopic (exact) mass is 270 g/mol. The molecule has 1 heterocycles. The summed E-state index contributed by atoms with van der Waals surface area (Å²) in [6.45, 7) is 4.36. The van der Waals surface area contributed by atoms with Crippen molar-refractivity contribution < 1.29 is 4.79 Å². The number of hydrogen-bond donors (Lipinski definition) is 3. The number of rotatable bonds is 4. The minimum Gasteiger partial charge on any atom is -0.348 e. The van der Waals surface area contributed by atoms with Crippen molar-refractivity contribution in [2.75, 3.05) is 5.43 Å². The fraction of sp³-hybridized carbons (Fsp3) is 0.200. The fourth-order valence-electron chi connectivity index (χ4n) is 1.94. The van der Waals surface area contributed by atoms with Gasteiger partial charge in [-0.2, -0.15) is 0 Å². The molecule has 104 valence electrons. The number of aromatic nitrogens is 1. The number of carbonyl (C=O) groups is 1. The summed E-state index contributed by atoms with van der Waals surface area (Å²) in [5.74, 6) is 5.27. The molecule has 0 radical (unpaired) electrons. The lowest BCUT2D eigenvalue weighted by molar-refractivity contribution is 0.0951. The van der Waals surface area contributed by atoms with E-state index in [9.17, 15) is 4.79 Å². The SMILES string of the molecule is Cc1cnccc1CNC(=O)c1ccc(NN)c(C)c1. The Morgan fingerprint density at radius 3 is 2.70 bits per heavy atom. The molecule has 1 aromatic carbocycles. The maximum absolute atomic E-state index is 12.1. The van der Waals surface area contributed by atoms with Gasteiger partial charge < -0.3 is 10.7 Å². The maximum Gasteiger partial charge on any atom is 0.251 e. The molecule has 1 amide bonds. The van der Waals surface area contributed by atoms with Crippen LogP contribution < -0.4 is 16.6 Å². The third kappa shape index (κ3) is 3.13. The molecule has 5 heteroatoms. The van der Waals surface area contributed by atoms with Crippen molar-refractivity contribution in [1.29, 1.82) is 0 Å². The molecule has 0 saturated heterocycles. The van der Waals surface area contributed by atoms with Crippen LogP contribution in [0.15, 0.2) is 36.7 Å². The second-order valence-electron chi connectivity index (χ2n) is 4.66. The van der Waals surface area contributed by atoms with Gasteiger partial charge in [0.25, 0.3) is 5.91 Å². The van der Waals surface area contributed by atoms with E-state index in [1.54, 1.807) is 24.5 Å². The van der Waals surface area contributed by atoms with Gasteiger partial charge in [0.15, 0.2) is 0 Å². The summed E-state index contributed by atoms with van der Waals surface area (Å²) in [5, 5.41) is 2.90. The second-order valence-corrected chi connectivity index (χ2v) is 4.66. The first-order valence-corrected chi connectivity index (χ1v) is 6.37. The molecule has 2 aromatic rings. The molecule has 2 rings (SSSR count). The molecular weight excluding hydrogens is 252 g/mol. The Morgan fingerprint density at radius 2 is 2.05 bits per heavy atom. The molecule has 0 aliphatic heterocycles. The lowest BCUT2D eigenvalue weighted by atomic mass is 10.1. The minimum absolute atomic E-state index is 0.104. The minimum atomic E-state index is -0.104. The Labute approximate surface area is 118 Å². The van der Waals surface area contributed by atoms with Gasteiger partial charge in [0.05, 0.1) is 5.69 Å². The number of aryl methyl sites for hydroxylation is 2. The molecule has 0 atom stereocenters. The van der Waals surface area contributed by atoms with Crippen molar-refractivity contribution in [2.24, 2.45) is 5.84 Å². The number of anilines is 1. The number of nitrogens with one attached hydrogen (secondary N) is 2. The van der Waals surface area contributed by atoms with Gasteiger partial charge in [0.2, 0.25) is 0 Å². The summed E-state index contributed by atoms with van der Waals surface area (Å²) in [5.41, 5.74) is 7.07. The van der Waals surface area contributed by atoms with Gasteiger partial charge in [0, 0.05) is 24.5 Å². The normalized spacial score (nSPS) is 10.2. The first kappa shape index (κ1) is 14.0. The third-order valence-corrected chi connectivity index (χ3v) is 3.22. The molecule has 5 nitrogen and oxygen atoms in total. The summed E-state index contributed by atoms with van der Waals surface area (Å²) in [7, 11) is 0. The number of nitrogens with zero attached hydrogens (tertiary/aromatic N) is 1. The standard InChI is InChI=1S/C15H18N4O/c1-10-7-12(3-4-14(10)19-16)15(20)18-9-13-5-6-17-8-11(13)2/h3-8,19H,9,16H2,1-2H3,(H,18,20). The van der Waals surface area contributed by atoms with Crippen molar-refractivity contribution in [3.63, 3.8) is 0 Å². The number of amides is 1. The Hall–Kier alpha value is -2.40. The lowest BCUT2D eigenvalue weighted by Gasteiger charge is -2.10. The number of hydrazine groups is 1. The van der Waals surface area contributed by atoms with Crippen LogP contribution in [0, 0.1) is 13.8 Å². The Balaban J connectivity index is 2.05. The van der Waals surface area contributed by atoms with Crippen molar-refractivity contribution in [2.45, 2.75) is 20.4 Å². The van der Waals surface area contributed by atoms with E-state index >= 15 is 0 Å². The predicted octanol–water partition coefficient (Wildman–Crippen LogP) is 1.91. The molecule has 20 heavy (non-hydrogen) atoms. The molecule has 0 aliphatic rings. The van der Waals surface area contributed by atoms with Crippen molar-refractivity contribution in [1.82, 2.24) is 10.3 Å². The second kappa shape index (κ2) is 6.16. The summed E-state index contributed by atoms with van der Waals surface area (Å²) in [4.78, 5) is 16.1. The Morgan fingerprint density at radius 1 is 1.25 bits per heavy atom. The third-order valence-electron chi connectivity index (χ3n) is 3.22. The van der Waals surface area contributed by atoms with Crippen molar-refractivity contribution >= 4 is 11.6 Å². The fourth-order valence-corrected chi connectivity index (χ4v) is 1.94. The maximum atomic E-state index is 12.1. The number of nitrogen functional groups attached to an aromatic ring is 1. The molecule has 0 spiro atoms. The van der Waals surface area contributed by atoms with E-state index in [1.165, 1.54) is 0 Å². The van der Waals surface area contributed by atoms with Crippen LogP contribution in [0.2, 0.25) is 0 Å². The van der Waals surface area contributed by atoms with Crippen LogP contribution >= 0.6 is 0 Å². The van der Waals surface area contributed by atoms with E-state index in [0.29, 0.717) is 12.1 Å². The van der Waals surface area contributed by atoms with Crippen LogP contribution in [-0.4, -0.2) is 10.9 Å². The highest BCUT2D eigenvalue weighted by Crippen LogP contribution is 2.15. The Bertz CT molecular complexity index is 625. The van der Waals surface area contributed by atoms with Crippen LogP contribution in [0.4, 0.5) is 5.69 Å². The zero-order chi connectivity index (χ0) is 14.5. The smallest absolute Gasteiger partial charge is 0.251 e. The van der Waals surface area contributed by atoms with E-state index in [2.05, 4.69) is 15.7 Å². The first-order valence-electron chi connectivity index (χ1n) is 6.37. The molecular formula is C15H18N4O. The molecule has 0 fully saturated rings. The van der Waals surface area contributed by atoms with Crippen LogP contribution in [-0.2, 0) is 6.54 Å². The first-order chi connectivity index (χ1) is 9.61. The molecule has 0 bridgehead atoms. The zero-order valence-corrected chi connectivity index (χ0v) is 11.6. The van der Waals surface area contributed by atoms with E-state index in [4.69, 9.17) is 5.84 Å². The Kier molecular flexibility index (Phi) is 4.32. The van der Waals surface area contributed by atoms with Gasteiger partial charge in [-0.15, -0.1) is 0 Å². The van der Waals surface area contributed by atoms with Gasteiger partial charge in [0.1, 0.15) is 0 Å². The van der Waals surface area contributed by atoms with Gasteiger partial charge in [-0.1, -0.05) is 0 Å². The van der Waals surface area contributed by atoms with E-state index in [0.717, 1.165) is 22.4 Å². The molecule has 1 aromatic heterocycles. The number of nitrogens with two attached hydrogens (primary N) is 1. The molecule has 4 N–H and O–H groups in total. The predicted molar refractivity (Wildman–Crippen MR) is 79.1 cm³/mol. The van der Waals surface area contributed by atoms with Crippen LogP contribution in [0.1, 0.15) is 27.0 Å². The molecule has 0 unspecified atom stereocenters. The lowest BCUT2D eigenvalue weighted by Crippen LogP contribution is -2.23. The van der Waals surface area contributed by atoms with Gasteiger partial charge in [-0.05, 0) is 54.8 Å². The quantitative estimate of drug-likeness (QED) is 0.585. The zero-order valence-electron chi connectivity index (χ0n) is 11.6. The topological polar surface area (TPSA) is 80.0 Å². The summed E-state index contributed by atoms with van der Waals surface area (Å²) in [6.07, 6.45) is 3.51. The highest BCUT2D eigenvalue weighted by molar-refractivity contribution is 5.94. The van der Waals surface area contributed by atoms with E-state index in [1.807, 2.05) is 26.0 Å². The van der Waals surface area contributed by atoms with Crippen molar-refractivity contribution in [3.05, 3.63) is 58.9 Å². The molecule has 0 saturated carbocycles. The van der Waals surface area contributed by atoms with Gasteiger partial charge >= 0.3 is 0 Å². The summed E-state index contributed by atoms with van der Waals surface area (Å²) < 4.78 is 0. The highest BCUT2D eigenvalue weighted by atomic mass is 16.1. The highest BCUT2D eigenvalue weighted by Gasteiger charge is 2.08. The van der Waals surface area contributed by atoms with E-state index in [-0.39, 0.29) is 5.91 Å². The average Bonchev–Trinajstić information content (AvgIpc) is 2.46. The van der Waals surface area contributed by atoms with Crippen molar-refractivity contribution in [3.8, 4) is 0 Å². The molecule has 0 aliphatic carbocycles. The van der Waals surface area contributed by atoms with Crippen LogP contribution in [0.25, 0.3) is 0 Å². The largest absolute Gasteiger partial charge is 0.348 e. The average molecular weight is 270 g/mol. The number of hydrogen-bond acceptors (Lipinski definition) is 4. The number of pyridine rings is 1. The van der Waals surface area contributed by atoms with Crippen LogP contribution in [0.5, 0.6) is 0 Å². The van der Waals surface area contributed by atoms with E-state index < -0.39 is 0 Å². The number of carbonyl (C=O) groups excluding carboxylic acids is 1. The summed E-state index contributed by atoms with van der Waals surface area (Å²) in [6, 6.07) is 7.26. The number of benzene rings is 1.